The van der Waals surface area contributed by atoms with E-state index >= 15 is 0 Å². The number of ether oxygens (including phenoxy) is 2. The summed E-state index contributed by atoms with van der Waals surface area (Å²) in [5.74, 6) is 1.45. The predicted molar refractivity (Wildman–Crippen MR) is 82.0 cm³/mol. The number of pyridine rings is 1. The van der Waals surface area contributed by atoms with Gasteiger partial charge in [0.15, 0.2) is 5.65 Å². The second kappa shape index (κ2) is 5.46. The maximum absolute atomic E-state index is 6.36. The summed E-state index contributed by atoms with van der Waals surface area (Å²) in [6.45, 7) is 5.66. The first-order valence-corrected chi connectivity index (χ1v) is 7.64. The molecule has 1 atom stereocenters. The lowest BCUT2D eigenvalue weighted by Gasteiger charge is -2.36. The van der Waals surface area contributed by atoms with Gasteiger partial charge in [-0.3, -0.25) is 0 Å². The van der Waals surface area contributed by atoms with E-state index in [0.29, 0.717) is 5.88 Å². The van der Waals surface area contributed by atoms with E-state index in [4.69, 9.17) is 21.1 Å². The molecule has 0 saturated carbocycles. The molecule has 21 heavy (non-hydrogen) atoms. The molecule has 1 saturated heterocycles. The zero-order valence-corrected chi connectivity index (χ0v) is 13.4. The Morgan fingerprint density at radius 1 is 1.33 bits per heavy atom. The lowest BCUT2D eigenvalue weighted by atomic mass is 9.92. The molecular formula is C15H20ClN3O2. The summed E-state index contributed by atoms with van der Waals surface area (Å²) in [4.78, 5) is 9.28. The van der Waals surface area contributed by atoms with Crippen molar-refractivity contribution in [3.05, 3.63) is 18.0 Å². The third-order valence-electron chi connectivity index (χ3n) is 4.18. The number of halogens is 1. The molecule has 0 bridgehead atoms. The molecule has 0 radical (unpaired) electrons. The van der Waals surface area contributed by atoms with E-state index in [9.17, 15) is 0 Å². The van der Waals surface area contributed by atoms with Gasteiger partial charge in [0.2, 0.25) is 5.88 Å². The fourth-order valence-electron chi connectivity index (χ4n) is 2.90. The van der Waals surface area contributed by atoms with Crippen molar-refractivity contribution in [1.82, 2.24) is 14.5 Å². The van der Waals surface area contributed by atoms with Crippen LogP contribution in [-0.4, -0.2) is 34.9 Å². The van der Waals surface area contributed by atoms with Crippen molar-refractivity contribution in [2.75, 3.05) is 20.3 Å². The largest absolute Gasteiger partial charge is 0.481 e. The number of hydrogen-bond acceptors (Lipinski definition) is 4. The van der Waals surface area contributed by atoms with Crippen LogP contribution >= 0.6 is 11.6 Å². The minimum Gasteiger partial charge on any atom is -0.481 e. The maximum Gasteiger partial charge on any atom is 0.215 e. The Morgan fingerprint density at radius 3 is 2.67 bits per heavy atom. The summed E-state index contributed by atoms with van der Waals surface area (Å²) in [7, 11) is 1.62. The van der Waals surface area contributed by atoms with E-state index in [0.717, 1.165) is 43.0 Å². The average Bonchev–Trinajstić information content (AvgIpc) is 2.87. The molecule has 0 aromatic carbocycles. The van der Waals surface area contributed by atoms with Gasteiger partial charge >= 0.3 is 0 Å². The monoisotopic (exact) mass is 309 g/mol. The van der Waals surface area contributed by atoms with Gasteiger partial charge in [-0.05, 0) is 32.8 Å². The Bertz CT molecular complexity index is 648. The summed E-state index contributed by atoms with van der Waals surface area (Å²) in [6, 6.07) is 3.76. The van der Waals surface area contributed by atoms with Crippen LogP contribution in [0.25, 0.3) is 11.2 Å². The third-order valence-corrected chi connectivity index (χ3v) is 4.37. The lowest BCUT2D eigenvalue weighted by Crippen LogP contribution is -2.38. The highest BCUT2D eigenvalue weighted by molar-refractivity contribution is 6.20. The second-order valence-corrected chi connectivity index (χ2v) is 6.38. The Morgan fingerprint density at radius 2 is 2.05 bits per heavy atom. The number of rotatable bonds is 3. The van der Waals surface area contributed by atoms with E-state index < -0.39 is 0 Å². The first-order valence-electron chi connectivity index (χ1n) is 7.21. The minimum atomic E-state index is -0.176. The molecule has 0 aliphatic carbocycles. The van der Waals surface area contributed by atoms with E-state index in [2.05, 4.69) is 21.5 Å². The van der Waals surface area contributed by atoms with Crippen molar-refractivity contribution >= 4 is 22.8 Å². The summed E-state index contributed by atoms with van der Waals surface area (Å²) >= 11 is 6.36. The third kappa shape index (κ3) is 2.49. The summed E-state index contributed by atoms with van der Waals surface area (Å²) in [5.41, 5.74) is 1.61. The number of imidazole rings is 1. The number of hydrogen-bond donors (Lipinski definition) is 0. The number of methoxy groups -OCH3 is 1. The van der Waals surface area contributed by atoms with Crippen molar-refractivity contribution in [2.24, 2.45) is 0 Å². The van der Waals surface area contributed by atoms with Gasteiger partial charge in [0.1, 0.15) is 11.3 Å². The molecule has 2 aromatic heterocycles. The van der Waals surface area contributed by atoms with Crippen molar-refractivity contribution in [2.45, 2.75) is 37.6 Å². The second-order valence-electron chi connectivity index (χ2n) is 5.73. The molecule has 3 heterocycles. The van der Waals surface area contributed by atoms with Gasteiger partial charge < -0.3 is 14.0 Å². The highest BCUT2D eigenvalue weighted by Crippen LogP contribution is 2.36. The number of fused-ring (bicyclic) bond motifs is 1. The summed E-state index contributed by atoms with van der Waals surface area (Å²) in [6.07, 6.45) is 1.85. The van der Waals surface area contributed by atoms with Crippen molar-refractivity contribution in [1.29, 1.82) is 0 Å². The van der Waals surface area contributed by atoms with Crippen LogP contribution in [0.5, 0.6) is 5.88 Å². The van der Waals surface area contributed by atoms with Gasteiger partial charge in [-0.25, -0.2) is 4.98 Å². The Kier molecular flexibility index (Phi) is 3.80. The molecular weight excluding hydrogens is 290 g/mol. The normalized spacial score (nSPS) is 19.6. The molecule has 114 valence electrons. The van der Waals surface area contributed by atoms with Crippen LogP contribution in [0.3, 0.4) is 0 Å². The van der Waals surface area contributed by atoms with Gasteiger partial charge in [-0.15, -0.1) is 11.6 Å². The molecule has 6 heteroatoms. The number of aromatic nitrogens is 3. The molecule has 1 fully saturated rings. The topological polar surface area (TPSA) is 49.2 Å². The highest BCUT2D eigenvalue weighted by atomic mass is 35.5. The molecule has 0 N–H and O–H groups in total. The quantitative estimate of drug-likeness (QED) is 0.817. The van der Waals surface area contributed by atoms with Crippen LogP contribution in [0.4, 0.5) is 0 Å². The Labute approximate surface area is 129 Å². The standard InChI is InChI=1S/C15H20ClN3O2/c1-10(16)13-17-11-4-5-12(20-3)18-14(11)19(13)15(2)6-8-21-9-7-15/h4-5,10H,6-9H2,1-3H3. The Hall–Kier alpha value is -1.33. The first kappa shape index (κ1) is 14.6. The first-order chi connectivity index (χ1) is 10.0. The predicted octanol–water partition coefficient (Wildman–Crippen LogP) is 3.27. The minimum absolute atomic E-state index is 0.0785. The maximum atomic E-state index is 6.36. The van der Waals surface area contributed by atoms with Crippen LogP contribution in [0.15, 0.2) is 12.1 Å². The number of nitrogens with zero attached hydrogens (tertiary/aromatic N) is 3. The van der Waals surface area contributed by atoms with Crippen LogP contribution in [-0.2, 0) is 10.3 Å². The van der Waals surface area contributed by atoms with Gasteiger partial charge in [-0.1, -0.05) is 0 Å². The SMILES string of the molecule is COc1ccc2nc(C(C)Cl)n(C3(C)CCOCC3)c2n1. The van der Waals surface area contributed by atoms with Crippen LogP contribution in [0.1, 0.15) is 37.9 Å². The molecule has 0 amide bonds. The molecule has 2 aromatic rings. The van der Waals surface area contributed by atoms with E-state index in [1.165, 1.54) is 0 Å². The molecule has 1 unspecified atom stereocenters. The van der Waals surface area contributed by atoms with Crippen LogP contribution < -0.4 is 4.74 Å². The molecule has 3 rings (SSSR count). The number of alkyl halides is 1. The van der Waals surface area contributed by atoms with Crippen molar-refractivity contribution in [3.8, 4) is 5.88 Å². The van der Waals surface area contributed by atoms with Crippen LogP contribution in [0.2, 0.25) is 0 Å². The Balaban J connectivity index is 2.23. The van der Waals surface area contributed by atoms with Gasteiger partial charge in [0.25, 0.3) is 0 Å². The lowest BCUT2D eigenvalue weighted by molar-refractivity contribution is 0.0298. The fraction of sp³-hybridized carbons (Fsp3) is 0.600. The van der Waals surface area contributed by atoms with E-state index in [1.54, 1.807) is 7.11 Å². The van der Waals surface area contributed by atoms with Crippen LogP contribution in [0, 0.1) is 0 Å². The zero-order chi connectivity index (χ0) is 15.0. The van der Waals surface area contributed by atoms with E-state index in [-0.39, 0.29) is 10.9 Å². The van der Waals surface area contributed by atoms with Gasteiger partial charge in [0.05, 0.1) is 12.5 Å². The molecule has 1 aliphatic rings. The molecule has 5 nitrogen and oxygen atoms in total. The molecule has 0 spiro atoms. The van der Waals surface area contributed by atoms with Gasteiger partial charge in [0, 0.05) is 24.8 Å². The zero-order valence-electron chi connectivity index (χ0n) is 12.6. The smallest absolute Gasteiger partial charge is 0.215 e. The van der Waals surface area contributed by atoms with Crippen molar-refractivity contribution in [3.63, 3.8) is 0 Å². The highest BCUT2D eigenvalue weighted by Gasteiger charge is 2.34. The average molecular weight is 310 g/mol. The van der Waals surface area contributed by atoms with Crippen molar-refractivity contribution < 1.29 is 9.47 Å². The van der Waals surface area contributed by atoms with Gasteiger partial charge in [-0.2, -0.15) is 4.98 Å². The summed E-state index contributed by atoms with van der Waals surface area (Å²) < 4.78 is 13.0. The fourth-order valence-corrected chi connectivity index (χ4v) is 3.05. The molecule has 1 aliphatic heterocycles. The van der Waals surface area contributed by atoms with E-state index in [1.807, 2.05) is 19.1 Å². The summed E-state index contributed by atoms with van der Waals surface area (Å²) in [5, 5.41) is -0.176.